The largest absolute Gasteiger partial charge is 0.445 e. The minimum atomic E-state index is -0.354. The van der Waals surface area contributed by atoms with Crippen LogP contribution < -0.4 is 10.6 Å². The zero-order valence-corrected chi connectivity index (χ0v) is 17.6. The van der Waals surface area contributed by atoms with E-state index >= 15 is 0 Å². The maximum atomic E-state index is 11.3. The van der Waals surface area contributed by atoms with Crippen molar-refractivity contribution in [2.45, 2.75) is 20.5 Å². The lowest BCUT2D eigenvalue weighted by Crippen LogP contribution is -2.27. The highest BCUT2D eigenvalue weighted by atomic mass is 79.9. The molecule has 0 spiro atoms. The fourth-order valence-corrected chi connectivity index (χ4v) is 2.20. The first-order chi connectivity index (χ1) is 13.4. The third-order valence-electron chi connectivity index (χ3n) is 3.38. The van der Waals surface area contributed by atoms with Crippen LogP contribution in [-0.2, 0) is 16.1 Å². The summed E-state index contributed by atoms with van der Waals surface area (Å²) in [5.41, 5.74) is 1.59. The number of ether oxygens (including phenoxy) is 1. The molecule has 0 bridgehead atoms. The van der Waals surface area contributed by atoms with Gasteiger partial charge in [-0.25, -0.2) is 4.79 Å². The number of benzene rings is 2. The fraction of sp³-hybridized carbons (Fsp3) is 0.286. The monoisotopic (exact) mass is 448 g/mol. The number of alkyl carbamates (subject to hydrolysis) is 1. The Labute approximate surface area is 173 Å². The molecule has 7 heteroatoms. The topological polar surface area (TPSA) is 84.5 Å². The summed E-state index contributed by atoms with van der Waals surface area (Å²) < 4.78 is 5.95. The molecule has 0 aliphatic heterocycles. The van der Waals surface area contributed by atoms with Crippen molar-refractivity contribution in [3.8, 4) is 0 Å². The van der Waals surface area contributed by atoms with Crippen molar-refractivity contribution < 1.29 is 19.1 Å². The summed E-state index contributed by atoms with van der Waals surface area (Å²) in [6.45, 7) is 5.10. The van der Waals surface area contributed by atoms with Crippen LogP contribution >= 0.6 is 15.9 Å². The van der Waals surface area contributed by atoms with Crippen LogP contribution in [0.1, 0.15) is 29.8 Å². The van der Waals surface area contributed by atoms with Crippen molar-refractivity contribution in [3.63, 3.8) is 0 Å². The Balaban J connectivity index is 0.000000283. The minimum Gasteiger partial charge on any atom is -0.445 e. The van der Waals surface area contributed by atoms with Gasteiger partial charge in [-0.3, -0.25) is 9.59 Å². The van der Waals surface area contributed by atoms with Gasteiger partial charge in [-0.1, -0.05) is 72.2 Å². The number of hydrogen-bond donors (Lipinski definition) is 2. The average molecular weight is 449 g/mol. The van der Waals surface area contributed by atoms with Crippen molar-refractivity contribution in [2.75, 3.05) is 13.1 Å². The first kappa shape index (κ1) is 23.4. The van der Waals surface area contributed by atoms with Gasteiger partial charge in [0.05, 0.1) is 6.54 Å². The second-order valence-corrected chi connectivity index (χ2v) is 7.18. The number of nitrogens with one attached hydrogen (secondary N) is 2. The number of halogens is 1. The van der Waals surface area contributed by atoms with E-state index in [4.69, 9.17) is 4.74 Å². The third-order valence-corrected chi connectivity index (χ3v) is 3.91. The molecule has 2 aromatic rings. The molecule has 2 N–H and O–H groups in total. The number of carbonyl (C=O) groups excluding carboxylic acids is 3. The van der Waals surface area contributed by atoms with E-state index in [1.54, 1.807) is 24.3 Å². The third kappa shape index (κ3) is 10.5. The minimum absolute atomic E-state index is 0.0468. The molecule has 0 saturated carbocycles. The molecule has 0 aromatic heterocycles. The molecule has 2 amide bonds. The van der Waals surface area contributed by atoms with Gasteiger partial charge in [-0.15, -0.1) is 0 Å². The quantitative estimate of drug-likeness (QED) is 0.472. The molecule has 0 aliphatic carbocycles. The first-order valence-electron chi connectivity index (χ1n) is 8.82. The smallest absolute Gasteiger partial charge is 0.407 e. The summed E-state index contributed by atoms with van der Waals surface area (Å²) >= 11 is 3.26. The Bertz CT molecular complexity index is 734. The van der Waals surface area contributed by atoms with Crippen LogP contribution in [-0.4, -0.2) is 31.4 Å². The van der Waals surface area contributed by atoms with E-state index in [0.717, 1.165) is 10.0 Å². The normalized spacial score (nSPS) is 9.71. The second-order valence-electron chi connectivity index (χ2n) is 6.27. The molecule has 0 unspecified atom stereocenters. The lowest BCUT2D eigenvalue weighted by atomic mass is 10.1. The zero-order valence-electron chi connectivity index (χ0n) is 16.0. The predicted octanol–water partition coefficient (Wildman–Crippen LogP) is 3.95. The maximum Gasteiger partial charge on any atom is 0.407 e. The van der Waals surface area contributed by atoms with Gasteiger partial charge in [0.2, 0.25) is 6.41 Å². The van der Waals surface area contributed by atoms with Gasteiger partial charge in [-0.2, -0.15) is 0 Å². The summed E-state index contributed by atoms with van der Waals surface area (Å²) in [6.07, 6.45) is 0.157. The summed E-state index contributed by atoms with van der Waals surface area (Å²) in [4.78, 5) is 32.4. The number of hydrogen-bond acceptors (Lipinski definition) is 4. The van der Waals surface area contributed by atoms with E-state index in [1.165, 1.54) is 0 Å². The van der Waals surface area contributed by atoms with E-state index in [-0.39, 0.29) is 18.4 Å². The molecule has 0 radical (unpaired) electrons. The number of ketones is 1. The Morgan fingerprint density at radius 3 is 2.29 bits per heavy atom. The SMILES string of the molecule is CC(C)CNC(=O)OCc1ccccc1.O=CNCC(=O)c1ccc(Br)cc1. The van der Waals surface area contributed by atoms with Crippen molar-refractivity contribution in [2.24, 2.45) is 5.92 Å². The molecule has 2 aromatic carbocycles. The highest BCUT2D eigenvalue weighted by molar-refractivity contribution is 9.10. The van der Waals surface area contributed by atoms with Crippen LogP contribution in [0.25, 0.3) is 0 Å². The van der Waals surface area contributed by atoms with Crippen LogP contribution in [0, 0.1) is 5.92 Å². The molecular formula is C21H25BrN2O4. The molecule has 0 heterocycles. The molecule has 28 heavy (non-hydrogen) atoms. The second kappa shape index (κ2) is 13.5. The predicted molar refractivity (Wildman–Crippen MR) is 112 cm³/mol. The molecule has 0 atom stereocenters. The maximum absolute atomic E-state index is 11.3. The zero-order chi connectivity index (χ0) is 20.8. The van der Waals surface area contributed by atoms with E-state index in [0.29, 0.717) is 31.0 Å². The van der Waals surface area contributed by atoms with Gasteiger partial charge in [0.1, 0.15) is 6.61 Å². The summed E-state index contributed by atoms with van der Waals surface area (Å²) in [6, 6.07) is 16.6. The molecule has 0 aliphatic rings. The van der Waals surface area contributed by atoms with Gasteiger partial charge < -0.3 is 15.4 Å². The van der Waals surface area contributed by atoms with E-state index < -0.39 is 0 Å². The summed E-state index contributed by atoms with van der Waals surface area (Å²) in [5, 5.41) is 5.01. The standard InChI is InChI=1S/C12H17NO2.C9H8BrNO2/c1-10(2)8-13-12(14)15-9-11-6-4-3-5-7-11;10-8-3-1-7(2-4-8)9(13)5-11-6-12/h3-7,10H,8-9H2,1-2H3,(H,13,14);1-4,6H,5H2,(H,11,12). The van der Waals surface area contributed by atoms with Gasteiger partial charge in [-0.05, 0) is 23.6 Å². The van der Waals surface area contributed by atoms with Crippen molar-refractivity contribution >= 4 is 34.2 Å². The van der Waals surface area contributed by atoms with Crippen LogP contribution in [0.3, 0.4) is 0 Å². The van der Waals surface area contributed by atoms with E-state index in [9.17, 15) is 14.4 Å². The fourth-order valence-electron chi connectivity index (χ4n) is 1.93. The number of Topliss-reactive ketones (excluding diaryl/α,β-unsaturated/α-hetero) is 1. The molecule has 0 saturated heterocycles. The highest BCUT2D eigenvalue weighted by Gasteiger charge is 2.04. The van der Waals surface area contributed by atoms with Gasteiger partial charge in [0.15, 0.2) is 5.78 Å². The number of rotatable bonds is 8. The molecule has 0 fully saturated rings. The van der Waals surface area contributed by atoms with E-state index in [2.05, 4.69) is 26.6 Å². The average Bonchev–Trinajstić information content (AvgIpc) is 2.70. The molecule has 2 rings (SSSR count). The van der Waals surface area contributed by atoms with Crippen LogP contribution in [0.5, 0.6) is 0 Å². The Morgan fingerprint density at radius 2 is 1.71 bits per heavy atom. The van der Waals surface area contributed by atoms with Crippen molar-refractivity contribution in [3.05, 3.63) is 70.2 Å². The van der Waals surface area contributed by atoms with Gasteiger partial charge in [0.25, 0.3) is 0 Å². The number of carbonyl (C=O) groups is 3. The Kier molecular flexibility index (Phi) is 11.3. The lowest BCUT2D eigenvalue weighted by molar-refractivity contribution is -0.109. The Morgan fingerprint density at radius 1 is 1.07 bits per heavy atom. The molecular weight excluding hydrogens is 424 g/mol. The van der Waals surface area contributed by atoms with Crippen LogP contribution in [0.4, 0.5) is 4.79 Å². The molecule has 150 valence electrons. The molecule has 6 nitrogen and oxygen atoms in total. The van der Waals surface area contributed by atoms with Gasteiger partial charge in [0, 0.05) is 16.6 Å². The van der Waals surface area contributed by atoms with Crippen molar-refractivity contribution in [1.29, 1.82) is 0 Å². The van der Waals surface area contributed by atoms with Crippen LogP contribution in [0.15, 0.2) is 59.1 Å². The number of amides is 2. The summed E-state index contributed by atoms with van der Waals surface area (Å²) in [5.74, 6) is 0.342. The first-order valence-corrected chi connectivity index (χ1v) is 9.62. The van der Waals surface area contributed by atoms with Gasteiger partial charge >= 0.3 is 6.09 Å². The van der Waals surface area contributed by atoms with E-state index in [1.807, 2.05) is 44.2 Å². The highest BCUT2D eigenvalue weighted by Crippen LogP contribution is 2.10. The van der Waals surface area contributed by atoms with Crippen LogP contribution in [0.2, 0.25) is 0 Å². The Hall–Kier alpha value is -2.67. The summed E-state index contributed by atoms with van der Waals surface area (Å²) in [7, 11) is 0. The van der Waals surface area contributed by atoms with Crippen molar-refractivity contribution in [1.82, 2.24) is 10.6 Å². The lowest BCUT2D eigenvalue weighted by Gasteiger charge is -2.08.